The second-order valence-corrected chi connectivity index (χ2v) is 13.7. The van der Waals surface area contributed by atoms with Crippen molar-refractivity contribution in [2.75, 3.05) is 36.0 Å². The molecule has 0 fully saturated rings. The van der Waals surface area contributed by atoms with Gasteiger partial charge in [-0.3, -0.25) is 0 Å². The number of halogens is 1. The first-order valence-corrected chi connectivity index (χ1v) is 14.9. The summed E-state index contributed by atoms with van der Waals surface area (Å²) >= 11 is 0. The minimum absolute atomic E-state index is 0.0761. The highest BCUT2D eigenvalue weighted by atomic mass is 32.2. The van der Waals surface area contributed by atoms with Crippen LogP contribution in [0.15, 0.2) is 18.2 Å². The molecule has 2 atom stereocenters. The van der Waals surface area contributed by atoms with Gasteiger partial charge in [0.05, 0.1) is 25.1 Å². The lowest BCUT2D eigenvalue weighted by molar-refractivity contribution is 0.0145. The molecule has 2 amide bonds. The van der Waals surface area contributed by atoms with Crippen LogP contribution in [0.4, 0.5) is 19.7 Å². The highest BCUT2D eigenvalue weighted by Crippen LogP contribution is 2.33. The van der Waals surface area contributed by atoms with E-state index in [1.807, 2.05) is 6.92 Å². The molecule has 2 unspecified atom stereocenters. The van der Waals surface area contributed by atoms with E-state index in [0.29, 0.717) is 5.75 Å². The van der Waals surface area contributed by atoms with Crippen LogP contribution in [0.2, 0.25) is 0 Å². The van der Waals surface area contributed by atoms with E-state index in [2.05, 4.69) is 5.87 Å². The largest absolute Gasteiger partial charge is 0.444 e. The molecule has 1 aromatic rings. The molecule has 0 aliphatic heterocycles. The first-order chi connectivity index (χ1) is 16.8. The van der Waals surface area contributed by atoms with Gasteiger partial charge in [-0.25, -0.2) is 22.4 Å². The Balaban J connectivity index is 3.58. The van der Waals surface area contributed by atoms with Crippen molar-refractivity contribution in [2.24, 2.45) is 0 Å². The standard InChI is InChI=1S/C24H39FN2O8S2/c1-10-36(8)35-20(16-26(13-14-28)21(29)33-23(2,3)4)17-11-12-18(25)19(15-17)27(37(9,31)32)22(30)34-24(5,6)7/h11-12,15,20,28H,8,10,13-14,16H2,1-7,9H3. The average molecular weight is 567 g/mol. The Morgan fingerprint density at radius 2 is 1.65 bits per heavy atom. The third-order valence-corrected chi connectivity index (χ3v) is 6.59. The average Bonchev–Trinajstić information content (AvgIpc) is 2.70. The van der Waals surface area contributed by atoms with Crippen LogP contribution in [0.25, 0.3) is 0 Å². The van der Waals surface area contributed by atoms with Crippen molar-refractivity contribution >= 4 is 44.5 Å². The third kappa shape index (κ3) is 11.0. The number of aliphatic hydroxyl groups is 1. The van der Waals surface area contributed by atoms with E-state index in [9.17, 15) is 27.5 Å². The summed E-state index contributed by atoms with van der Waals surface area (Å²) in [5.41, 5.74) is -2.13. The number of hydrogen-bond donors (Lipinski definition) is 1. The lowest BCUT2D eigenvalue weighted by Gasteiger charge is -2.31. The highest BCUT2D eigenvalue weighted by Gasteiger charge is 2.34. The van der Waals surface area contributed by atoms with Gasteiger partial charge >= 0.3 is 12.2 Å². The van der Waals surface area contributed by atoms with E-state index in [1.165, 1.54) is 11.0 Å². The molecule has 0 aliphatic rings. The molecule has 10 nitrogen and oxygen atoms in total. The maximum atomic E-state index is 14.9. The van der Waals surface area contributed by atoms with Gasteiger partial charge in [0, 0.05) is 12.3 Å². The van der Waals surface area contributed by atoms with Crippen LogP contribution in [0.5, 0.6) is 0 Å². The molecule has 37 heavy (non-hydrogen) atoms. The molecule has 1 rings (SSSR count). The molecule has 0 saturated heterocycles. The Morgan fingerprint density at radius 1 is 1.11 bits per heavy atom. The molecule has 212 valence electrons. The number of rotatable bonds is 10. The molecule has 13 heteroatoms. The van der Waals surface area contributed by atoms with Crippen LogP contribution in [0, 0.1) is 5.82 Å². The van der Waals surface area contributed by atoms with Crippen molar-refractivity contribution in [3.05, 3.63) is 29.6 Å². The number of carbonyl (C=O) groups excluding carboxylic acids is 2. The highest BCUT2D eigenvalue weighted by molar-refractivity contribution is 8.09. The van der Waals surface area contributed by atoms with E-state index >= 15 is 0 Å². The normalized spacial score (nSPS) is 14.0. The van der Waals surface area contributed by atoms with Crippen molar-refractivity contribution in [1.82, 2.24) is 4.90 Å². The minimum Gasteiger partial charge on any atom is -0.444 e. The predicted octanol–water partition coefficient (Wildman–Crippen LogP) is 4.45. The smallest absolute Gasteiger partial charge is 0.428 e. The molecule has 0 spiro atoms. The van der Waals surface area contributed by atoms with E-state index in [0.717, 1.165) is 18.4 Å². The number of ether oxygens (including phenoxy) is 2. The van der Waals surface area contributed by atoms with Crippen LogP contribution in [-0.2, 0) is 23.7 Å². The van der Waals surface area contributed by atoms with Gasteiger partial charge in [-0.2, -0.15) is 4.31 Å². The zero-order valence-electron chi connectivity index (χ0n) is 22.7. The third-order valence-electron chi connectivity index (χ3n) is 4.43. The number of anilines is 1. The van der Waals surface area contributed by atoms with Gasteiger partial charge < -0.3 is 23.7 Å². The van der Waals surface area contributed by atoms with Gasteiger partial charge in [0.25, 0.3) is 0 Å². The molecule has 0 aliphatic carbocycles. The Hall–Kier alpha value is -2.22. The van der Waals surface area contributed by atoms with Crippen LogP contribution in [-0.4, -0.2) is 79.4 Å². The van der Waals surface area contributed by atoms with Crippen LogP contribution in [0.1, 0.15) is 60.1 Å². The Labute approximate surface area is 221 Å². The first kappa shape index (κ1) is 32.8. The van der Waals surface area contributed by atoms with Crippen molar-refractivity contribution in [2.45, 2.75) is 65.8 Å². The summed E-state index contributed by atoms with van der Waals surface area (Å²) in [6.07, 6.45) is -2.14. The maximum Gasteiger partial charge on any atom is 0.428 e. The fraction of sp³-hybridized carbons (Fsp3) is 0.625. The molecular formula is C24H39FN2O8S2. The van der Waals surface area contributed by atoms with Crippen LogP contribution < -0.4 is 4.31 Å². The Morgan fingerprint density at radius 3 is 2.11 bits per heavy atom. The Kier molecular flexibility index (Phi) is 11.6. The summed E-state index contributed by atoms with van der Waals surface area (Å²) < 4.78 is 56.9. The zero-order chi connectivity index (χ0) is 28.8. The first-order valence-electron chi connectivity index (χ1n) is 11.6. The number of amides is 2. The number of aliphatic hydroxyl groups excluding tert-OH is 1. The van der Waals surface area contributed by atoms with Gasteiger partial charge in [0.15, 0.2) is 0 Å². The molecule has 1 aromatic carbocycles. The topological polar surface area (TPSA) is 123 Å². The summed E-state index contributed by atoms with van der Waals surface area (Å²) in [6.45, 7) is 11.0. The quantitative estimate of drug-likeness (QED) is 0.412. The van der Waals surface area contributed by atoms with Crippen molar-refractivity contribution < 1.29 is 41.2 Å². The monoisotopic (exact) mass is 566 g/mol. The second-order valence-electron chi connectivity index (χ2n) is 10.2. The molecule has 0 bridgehead atoms. The number of benzene rings is 1. The number of hydrogen-bond acceptors (Lipinski definition) is 8. The fourth-order valence-electron chi connectivity index (χ4n) is 2.93. The van der Waals surface area contributed by atoms with Crippen molar-refractivity contribution in [1.29, 1.82) is 0 Å². The van der Waals surface area contributed by atoms with Gasteiger partial charge in [-0.15, -0.1) is 0 Å². The van der Waals surface area contributed by atoms with Crippen LogP contribution >= 0.6 is 10.8 Å². The summed E-state index contributed by atoms with van der Waals surface area (Å²) in [4.78, 5) is 26.8. The number of nitrogens with zero attached hydrogens (tertiary/aromatic N) is 2. The zero-order valence-corrected chi connectivity index (χ0v) is 24.4. The summed E-state index contributed by atoms with van der Waals surface area (Å²) in [5, 5.41) is 9.52. The van der Waals surface area contributed by atoms with Crippen LogP contribution in [0.3, 0.4) is 0 Å². The van der Waals surface area contributed by atoms with Gasteiger partial charge in [0.1, 0.15) is 23.1 Å². The lowest BCUT2D eigenvalue weighted by atomic mass is 10.1. The van der Waals surface area contributed by atoms with E-state index in [-0.39, 0.29) is 29.6 Å². The number of sulfonamides is 1. The van der Waals surface area contributed by atoms with Gasteiger partial charge in [-0.05, 0) is 65.1 Å². The predicted molar refractivity (Wildman–Crippen MR) is 144 cm³/mol. The van der Waals surface area contributed by atoms with Gasteiger partial charge in [0.2, 0.25) is 10.0 Å². The van der Waals surface area contributed by atoms with E-state index in [4.69, 9.17) is 13.7 Å². The lowest BCUT2D eigenvalue weighted by Crippen LogP contribution is -2.41. The van der Waals surface area contributed by atoms with Gasteiger partial charge in [-0.1, -0.05) is 23.8 Å². The summed E-state index contributed by atoms with van der Waals surface area (Å²) in [5.74, 6) is 3.48. The molecule has 1 N–H and O–H groups in total. The maximum absolute atomic E-state index is 14.9. The summed E-state index contributed by atoms with van der Waals surface area (Å²) in [7, 11) is -5.13. The second kappa shape index (κ2) is 13.0. The van der Waals surface area contributed by atoms with Crippen molar-refractivity contribution in [3.63, 3.8) is 0 Å². The molecule has 0 heterocycles. The molecule has 0 aromatic heterocycles. The SMILES string of the molecule is C=S(CC)OC(CN(CCO)C(=O)OC(C)(C)C)c1ccc(F)c(N(C(=O)OC(C)(C)C)S(C)(=O)=O)c1. The number of carbonyl (C=O) groups is 2. The molecule has 0 radical (unpaired) electrons. The fourth-order valence-corrected chi connectivity index (χ4v) is 4.37. The van der Waals surface area contributed by atoms with E-state index in [1.54, 1.807) is 41.5 Å². The van der Waals surface area contributed by atoms with E-state index < -0.39 is 61.8 Å². The Bertz CT molecular complexity index is 1080. The summed E-state index contributed by atoms with van der Waals surface area (Å²) in [6, 6.07) is 3.52. The minimum atomic E-state index is -4.30. The molecular weight excluding hydrogens is 527 g/mol. The molecule has 0 saturated carbocycles. The van der Waals surface area contributed by atoms with Crippen molar-refractivity contribution in [3.8, 4) is 0 Å².